The Kier molecular flexibility index (Phi) is 3.69. The standard InChI is InChI=1S/C16H13N5O3S/c1-9-11(24-16(22)23-2)7-21-13(9)14(17-8-18-21)20-15-19-10-5-3-4-6-12(10)25-15/h3-8H,1-2H3,(H,17,18,19,20). The van der Waals surface area contributed by atoms with Gasteiger partial charge in [0.15, 0.2) is 16.7 Å². The van der Waals surface area contributed by atoms with Crippen LogP contribution in [0.15, 0.2) is 36.8 Å². The van der Waals surface area contributed by atoms with Gasteiger partial charge < -0.3 is 14.8 Å². The molecule has 1 aromatic carbocycles. The number of aryl methyl sites for hydroxylation is 1. The Morgan fingerprint density at radius 2 is 2.16 bits per heavy atom. The fourth-order valence-corrected chi connectivity index (χ4v) is 3.36. The van der Waals surface area contributed by atoms with E-state index in [2.05, 4.69) is 25.1 Å². The summed E-state index contributed by atoms with van der Waals surface area (Å²) >= 11 is 1.53. The number of nitrogens with one attached hydrogen (secondary N) is 1. The number of hydrogen-bond acceptors (Lipinski definition) is 8. The number of methoxy groups -OCH3 is 1. The van der Waals surface area contributed by atoms with Crippen LogP contribution < -0.4 is 10.1 Å². The molecule has 0 atom stereocenters. The van der Waals surface area contributed by atoms with E-state index in [9.17, 15) is 4.79 Å². The van der Waals surface area contributed by atoms with Gasteiger partial charge in [0.25, 0.3) is 0 Å². The molecule has 3 aromatic heterocycles. The van der Waals surface area contributed by atoms with Crippen molar-refractivity contribution in [3.05, 3.63) is 42.4 Å². The normalized spacial score (nSPS) is 11.0. The van der Waals surface area contributed by atoms with Crippen LogP contribution >= 0.6 is 11.3 Å². The average Bonchev–Trinajstić information content (AvgIpc) is 3.16. The molecule has 4 rings (SSSR count). The lowest BCUT2D eigenvalue weighted by atomic mass is 10.3. The minimum atomic E-state index is -0.785. The van der Waals surface area contributed by atoms with Gasteiger partial charge in [0.05, 0.1) is 23.5 Å². The Morgan fingerprint density at radius 1 is 1.32 bits per heavy atom. The van der Waals surface area contributed by atoms with Crippen LogP contribution in [0.4, 0.5) is 15.7 Å². The van der Waals surface area contributed by atoms with Gasteiger partial charge in [0, 0.05) is 5.56 Å². The number of ether oxygens (including phenoxy) is 2. The van der Waals surface area contributed by atoms with E-state index in [1.807, 2.05) is 31.2 Å². The fourth-order valence-electron chi connectivity index (χ4n) is 2.49. The summed E-state index contributed by atoms with van der Waals surface area (Å²) in [6.45, 7) is 1.82. The van der Waals surface area contributed by atoms with E-state index in [1.54, 1.807) is 10.7 Å². The molecule has 0 aliphatic heterocycles. The number of carbonyl (C=O) groups is 1. The highest BCUT2D eigenvalue weighted by Crippen LogP contribution is 2.32. The SMILES string of the molecule is COC(=O)Oc1cn2ncnc(Nc3nc4ccccc4s3)c2c1C. The Balaban J connectivity index is 1.75. The molecule has 1 N–H and O–H groups in total. The molecule has 0 bridgehead atoms. The quantitative estimate of drug-likeness (QED) is 0.562. The average molecular weight is 355 g/mol. The third kappa shape index (κ3) is 2.74. The lowest BCUT2D eigenvalue weighted by Crippen LogP contribution is -2.07. The number of anilines is 2. The highest BCUT2D eigenvalue weighted by atomic mass is 32.1. The first kappa shape index (κ1) is 15.3. The molecule has 0 amide bonds. The third-order valence-electron chi connectivity index (χ3n) is 3.66. The molecule has 3 heterocycles. The maximum absolute atomic E-state index is 11.4. The van der Waals surface area contributed by atoms with Crippen LogP contribution in [0, 0.1) is 6.92 Å². The molecule has 8 nitrogen and oxygen atoms in total. The summed E-state index contributed by atoms with van der Waals surface area (Å²) in [6, 6.07) is 7.89. The molecular weight excluding hydrogens is 342 g/mol. The number of rotatable bonds is 3. The van der Waals surface area contributed by atoms with E-state index in [1.165, 1.54) is 24.8 Å². The first-order chi connectivity index (χ1) is 12.2. The van der Waals surface area contributed by atoms with Crippen LogP contribution in [0.3, 0.4) is 0 Å². The molecular formula is C16H13N5O3S. The molecule has 0 aliphatic rings. The van der Waals surface area contributed by atoms with Crippen molar-refractivity contribution in [1.29, 1.82) is 0 Å². The molecule has 126 valence electrons. The second kappa shape index (κ2) is 6.02. The van der Waals surface area contributed by atoms with Crippen molar-refractivity contribution in [2.75, 3.05) is 12.4 Å². The molecule has 0 saturated heterocycles. The Morgan fingerprint density at radius 3 is 2.96 bits per heavy atom. The highest BCUT2D eigenvalue weighted by Gasteiger charge is 2.17. The predicted molar refractivity (Wildman–Crippen MR) is 93.7 cm³/mol. The van der Waals surface area contributed by atoms with Crippen molar-refractivity contribution in [3.8, 4) is 5.75 Å². The lowest BCUT2D eigenvalue weighted by Gasteiger charge is -2.04. The molecule has 4 aromatic rings. The van der Waals surface area contributed by atoms with Crippen molar-refractivity contribution in [2.24, 2.45) is 0 Å². The zero-order valence-corrected chi connectivity index (χ0v) is 14.2. The van der Waals surface area contributed by atoms with Gasteiger partial charge in [-0.15, -0.1) is 0 Å². The van der Waals surface area contributed by atoms with Crippen molar-refractivity contribution in [3.63, 3.8) is 0 Å². The van der Waals surface area contributed by atoms with E-state index >= 15 is 0 Å². The van der Waals surface area contributed by atoms with Gasteiger partial charge in [0.2, 0.25) is 0 Å². The zero-order valence-electron chi connectivity index (χ0n) is 13.4. The molecule has 0 spiro atoms. The number of nitrogens with zero attached hydrogens (tertiary/aromatic N) is 4. The zero-order chi connectivity index (χ0) is 17.4. The lowest BCUT2D eigenvalue weighted by molar-refractivity contribution is 0.121. The van der Waals surface area contributed by atoms with Crippen LogP contribution in [-0.2, 0) is 4.74 Å². The number of carbonyl (C=O) groups excluding carboxylic acids is 1. The van der Waals surface area contributed by atoms with Crippen LogP contribution in [0.1, 0.15) is 5.56 Å². The van der Waals surface area contributed by atoms with E-state index in [-0.39, 0.29) is 0 Å². The summed E-state index contributed by atoms with van der Waals surface area (Å²) in [4.78, 5) is 20.2. The summed E-state index contributed by atoms with van der Waals surface area (Å²) < 4.78 is 12.4. The second-order valence-electron chi connectivity index (χ2n) is 5.19. The number of para-hydroxylation sites is 1. The summed E-state index contributed by atoms with van der Waals surface area (Å²) in [5, 5.41) is 8.10. The number of aromatic nitrogens is 4. The summed E-state index contributed by atoms with van der Waals surface area (Å²) in [5.41, 5.74) is 2.33. The van der Waals surface area contributed by atoms with Gasteiger partial charge in [0.1, 0.15) is 11.8 Å². The van der Waals surface area contributed by atoms with Gasteiger partial charge in [-0.25, -0.2) is 19.3 Å². The topological polar surface area (TPSA) is 90.6 Å². The molecule has 9 heteroatoms. The minimum Gasteiger partial charge on any atom is -0.437 e. The Labute approximate surface area is 146 Å². The molecule has 0 saturated carbocycles. The van der Waals surface area contributed by atoms with Crippen molar-refractivity contribution < 1.29 is 14.3 Å². The van der Waals surface area contributed by atoms with Crippen LogP contribution in [0.25, 0.3) is 15.7 Å². The van der Waals surface area contributed by atoms with E-state index in [4.69, 9.17) is 4.74 Å². The first-order valence-corrected chi connectivity index (χ1v) is 8.18. The first-order valence-electron chi connectivity index (χ1n) is 7.37. The molecule has 0 aliphatic carbocycles. The second-order valence-corrected chi connectivity index (χ2v) is 6.22. The van der Waals surface area contributed by atoms with E-state index < -0.39 is 6.16 Å². The smallest absolute Gasteiger partial charge is 0.437 e. The van der Waals surface area contributed by atoms with Gasteiger partial charge >= 0.3 is 6.16 Å². The number of thiazole rings is 1. The van der Waals surface area contributed by atoms with Crippen LogP contribution in [-0.4, -0.2) is 32.8 Å². The van der Waals surface area contributed by atoms with Crippen LogP contribution in [0.2, 0.25) is 0 Å². The molecule has 25 heavy (non-hydrogen) atoms. The molecule has 0 fully saturated rings. The summed E-state index contributed by atoms with van der Waals surface area (Å²) in [7, 11) is 1.26. The fraction of sp³-hybridized carbons (Fsp3) is 0.125. The van der Waals surface area contributed by atoms with Gasteiger partial charge in [-0.05, 0) is 19.1 Å². The monoisotopic (exact) mass is 355 g/mol. The van der Waals surface area contributed by atoms with Gasteiger partial charge in [-0.2, -0.15) is 5.10 Å². The largest absolute Gasteiger partial charge is 0.513 e. The Bertz CT molecular complexity index is 1050. The van der Waals surface area contributed by atoms with Crippen molar-refractivity contribution >= 4 is 44.2 Å². The molecule has 0 unspecified atom stereocenters. The van der Waals surface area contributed by atoms with Crippen molar-refractivity contribution in [2.45, 2.75) is 6.92 Å². The number of hydrogen-bond donors (Lipinski definition) is 1. The molecule has 0 radical (unpaired) electrons. The maximum atomic E-state index is 11.4. The summed E-state index contributed by atoms with van der Waals surface area (Å²) in [6.07, 6.45) is 2.24. The maximum Gasteiger partial charge on any atom is 0.513 e. The van der Waals surface area contributed by atoms with E-state index in [0.29, 0.717) is 17.1 Å². The highest BCUT2D eigenvalue weighted by molar-refractivity contribution is 7.22. The van der Waals surface area contributed by atoms with Gasteiger partial charge in [-0.3, -0.25) is 0 Å². The predicted octanol–water partition coefficient (Wildman–Crippen LogP) is 3.54. The van der Waals surface area contributed by atoms with Crippen LogP contribution in [0.5, 0.6) is 5.75 Å². The van der Waals surface area contributed by atoms with E-state index in [0.717, 1.165) is 20.9 Å². The number of benzene rings is 1. The van der Waals surface area contributed by atoms with Gasteiger partial charge in [-0.1, -0.05) is 23.5 Å². The number of fused-ring (bicyclic) bond motifs is 2. The van der Waals surface area contributed by atoms with Crippen molar-refractivity contribution in [1.82, 2.24) is 19.6 Å². The minimum absolute atomic E-state index is 0.361. The summed E-state index contributed by atoms with van der Waals surface area (Å²) in [5.74, 6) is 0.936. The third-order valence-corrected chi connectivity index (χ3v) is 4.61. The Hall–Kier alpha value is -3.20.